The lowest BCUT2D eigenvalue weighted by Gasteiger charge is -2.34. The molecule has 7 nitrogen and oxygen atoms in total. The van der Waals surface area contributed by atoms with E-state index >= 15 is 0 Å². The second kappa shape index (κ2) is 9.96. The van der Waals surface area contributed by atoms with Crippen LogP contribution in [0.5, 0.6) is 0 Å². The molecule has 1 heterocycles. The van der Waals surface area contributed by atoms with E-state index in [1.807, 2.05) is 72.8 Å². The van der Waals surface area contributed by atoms with Gasteiger partial charge in [-0.15, -0.1) is 0 Å². The summed E-state index contributed by atoms with van der Waals surface area (Å²) in [5, 5.41) is 5.01. The van der Waals surface area contributed by atoms with Crippen LogP contribution in [0.2, 0.25) is 0 Å². The summed E-state index contributed by atoms with van der Waals surface area (Å²) >= 11 is 0. The number of para-hydroxylation sites is 1. The monoisotopic (exact) mass is 431 g/mol. The Hall–Kier alpha value is -3.87. The van der Waals surface area contributed by atoms with Crippen LogP contribution in [-0.4, -0.2) is 60.5 Å². The lowest BCUT2D eigenvalue weighted by molar-refractivity contribution is -0.152. The minimum Gasteiger partial charge on any atom is -0.455 e. The molecule has 0 bridgehead atoms. The van der Waals surface area contributed by atoms with E-state index in [0.717, 1.165) is 22.0 Å². The van der Waals surface area contributed by atoms with Crippen LogP contribution in [-0.2, 0) is 20.7 Å². The summed E-state index contributed by atoms with van der Waals surface area (Å²) in [7, 11) is 0. The number of nitrogens with zero attached hydrogens (tertiary/aromatic N) is 2. The standard InChI is InChI=1S/C25H25N3O4/c29-23(18-32-24(30)17-19-10-11-20-6-4-5-7-21(20)16-19)27-12-14-28(15-13-27)25(31)26-22-8-2-1-3-9-22/h1-11,16H,12-15,17-18H2,(H,26,31). The summed E-state index contributed by atoms with van der Waals surface area (Å²) in [6.45, 7) is 1.38. The van der Waals surface area contributed by atoms with Crippen molar-refractivity contribution in [2.75, 3.05) is 38.1 Å². The largest absolute Gasteiger partial charge is 0.455 e. The Morgan fingerprint density at radius 3 is 2.19 bits per heavy atom. The molecule has 1 fully saturated rings. The molecule has 3 aromatic rings. The van der Waals surface area contributed by atoms with Crippen molar-refractivity contribution in [2.24, 2.45) is 0 Å². The molecule has 0 radical (unpaired) electrons. The number of esters is 1. The van der Waals surface area contributed by atoms with E-state index in [2.05, 4.69) is 5.32 Å². The fourth-order valence-electron chi connectivity index (χ4n) is 3.68. The molecule has 3 amide bonds. The Morgan fingerprint density at radius 1 is 0.781 bits per heavy atom. The Balaban J connectivity index is 1.20. The molecule has 1 saturated heterocycles. The third-order valence-electron chi connectivity index (χ3n) is 5.46. The Bertz CT molecular complexity index is 1110. The maximum absolute atomic E-state index is 12.4. The molecule has 0 saturated carbocycles. The highest BCUT2D eigenvalue weighted by Crippen LogP contribution is 2.16. The number of hydrogen-bond donors (Lipinski definition) is 1. The van der Waals surface area contributed by atoms with Gasteiger partial charge < -0.3 is 19.9 Å². The van der Waals surface area contributed by atoms with Gasteiger partial charge in [0.15, 0.2) is 6.61 Å². The SMILES string of the molecule is O=C(Cc1ccc2ccccc2c1)OCC(=O)N1CCN(C(=O)Nc2ccccc2)CC1. The number of anilines is 1. The third-order valence-corrected chi connectivity index (χ3v) is 5.46. The molecule has 0 aliphatic carbocycles. The topological polar surface area (TPSA) is 79.0 Å². The third kappa shape index (κ3) is 5.43. The molecule has 7 heteroatoms. The summed E-state index contributed by atoms with van der Waals surface area (Å²) in [4.78, 5) is 40.3. The van der Waals surface area contributed by atoms with E-state index in [1.54, 1.807) is 9.80 Å². The summed E-state index contributed by atoms with van der Waals surface area (Å²) in [6, 6.07) is 22.8. The van der Waals surface area contributed by atoms with Crippen molar-refractivity contribution in [2.45, 2.75) is 6.42 Å². The van der Waals surface area contributed by atoms with Gasteiger partial charge in [0.2, 0.25) is 0 Å². The van der Waals surface area contributed by atoms with Crippen LogP contribution in [0, 0.1) is 0 Å². The van der Waals surface area contributed by atoms with Crippen LogP contribution in [0.4, 0.5) is 10.5 Å². The summed E-state index contributed by atoms with van der Waals surface area (Å²) < 4.78 is 5.20. The molecule has 1 aliphatic heterocycles. The van der Waals surface area contributed by atoms with Crippen LogP contribution >= 0.6 is 0 Å². The highest BCUT2D eigenvalue weighted by molar-refractivity contribution is 5.89. The zero-order chi connectivity index (χ0) is 22.3. The lowest BCUT2D eigenvalue weighted by atomic mass is 10.1. The van der Waals surface area contributed by atoms with Gasteiger partial charge in [0.25, 0.3) is 5.91 Å². The molecule has 0 spiro atoms. The van der Waals surface area contributed by atoms with Gasteiger partial charge in [0, 0.05) is 31.9 Å². The van der Waals surface area contributed by atoms with E-state index in [9.17, 15) is 14.4 Å². The second-order valence-corrected chi connectivity index (χ2v) is 7.68. The fourth-order valence-corrected chi connectivity index (χ4v) is 3.68. The molecular formula is C25H25N3O4. The first-order valence-corrected chi connectivity index (χ1v) is 10.6. The van der Waals surface area contributed by atoms with Crippen molar-refractivity contribution in [3.63, 3.8) is 0 Å². The van der Waals surface area contributed by atoms with Crippen molar-refractivity contribution in [3.8, 4) is 0 Å². The number of urea groups is 1. The summed E-state index contributed by atoms with van der Waals surface area (Å²) in [6.07, 6.45) is 0.117. The van der Waals surface area contributed by atoms with Crippen LogP contribution in [0.1, 0.15) is 5.56 Å². The van der Waals surface area contributed by atoms with Gasteiger partial charge in [0.1, 0.15) is 0 Å². The van der Waals surface area contributed by atoms with E-state index in [4.69, 9.17) is 4.74 Å². The lowest BCUT2D eigenvalue weighted by Crippen LogP contribution is -2.52. The van der Waals surface area contributed by atoms with Crippen molar-refractivity contribution >= 4 is 34.4 Å². The first-order valence-electron chi connectivity index (χ1n) is 10.6. The quantitative estimate of drug-likeness (QED) is 0.629. The predicted octanol–water partition coefficient (Wildman–Crippen LogP) is 3.30. The van der Waals surface area contributed by atoms with Gasteiger partial charge in [-0.2, -0.15) is 0 Å². The molecule has 164 valence electrons. The number of nitrogens with one attached hydrogen (secondary N) is 1. The van der Waals surface area contributed by atoms with Gasteiger partial charge in [-0.05, 0) is 28.5 Å². The molecule has 32 heavy (non-hydrogen) atoms. The van der Waals surface area contributed by atoms with Crippen LogP contribution in [0.15, 0.2) is 72.8 Å². The van der Waals surface area contributed by atoms with E-state index in [0.29, 0.717) is 26.2 Å². The van der Waals surface area contributed by atoms with Gasteiger partial charge in [-0.1, -0.05) is 60.7 Å². The van der Waals surface area contributed by atoms with Crippen molar-refractivity contribution in [1.29, 1.82) is 0 Å². The van der Waals surface area contributed by atoms with Crippen LogP contribution < -0.4 is 5.32 Å². The van der Waals surface area contributed by atoms with E-state index < -0.39 is 5.97 Å². The minimum atomic E-state index is -0.436. The van der Waals surface area contributed by atoms with Crippen molar-refractivity contribution in [3.05, 3.63) is 78.4 Å². The highest BCUT2D eigenvalue weighted by Gasteiger charge is 2.24. The van der Waals surface area contributed by atoms with Crippen molar-refractivity contribution in [1.82, 2.24) is 9.80 Å². The van der Waals surface area contributed by atoms with Crippen LogP contribution in [0.3, 0.4) is 0 Å². The molecule has 4 rings (SSSR count). The molecule has 1 aliphatic rings. The normalized spacial score (nSPS) is 13.6. The molecule has 0 atom stereocenters. The Morgan fingerprint density at radius 2 is 1.44 bits per heavy atom. The molecule has 1 N–H and O–H groups in total. The zero-order valence-electron chi connectivity index (χ0n) is 17.7. The predicted molar refractivity (Wildman–Crippen MR) is 122 cm³/mol. The Labute approximate surface area is 186 Å². The number of amides is 3. The van der Waals surface area contributed by atoms with Crippen molar-refractivity contribution < 1.29 is 19.1 Å². The zero-order valence-corrected chi connectivity index (χ0v) is 17.7. The number of benzene rings is 3. The summed E-state index contributed by atoms with van der Waals surface area (Å²) in [5.41, 5.74) is 1.58. The maximum Gasteiger partial charge on any atom is 0.321 e. The molecular weight excluding hydrogens is 406 g/mol. The average molecular weight is 431 g/mol. The Kier molecular flexibility index (Phi) is 6.65. The highest BCUT2D eigenvalue weighted by atomic mass is 16.5. The first kappa shape index (κ1) is 21.4. The van der Waals surface area contributed by atoms with Crippen LogP contribution in [0.25, 0.3) is 10.8 Å². The molecule has 3 aromatic carbocycles. The molecule has 0 unspecified atom stereocenters. The van der Waals surface area contributed by atoms with Gasteiger partial charge in [-0.25, -0.2) is 4.79 Å². The number of piperazine rings is 1. The van der Waals surface area contributed by atoms with Gasteiger partial charge in [0.05, 0.1) is 6.42 Å². The number of rotatable bonds is 5. The van der Waals surface area contributed by atoms with E-state index in [1.165, 1.54) is 0 Å². The number of ether oxygens (including phenoxy) is 1. The first-order chi connectivity index (χ1) is 15.6. The number of hydrogen-bond acceptors (Lipinski definition) is 4. The average Bonchev–Trinajstić information content (AvgIpc) is 2.83. The van der Waals surface area contributed by atoms with Gasteiger partial charge >= 0.3 is 12.0 Å². The fraction of sp³-hybridized carbons (Fsp3) is 0.240. The number of fused-ring (bicyclic) bond motifs is 1. The number of carbonyl (C=O) groups is 3. The second-order valence-electron chi connectivity index (χ2n) is 7.68. The smallest absolute Gasteiger partial charge is 0.321 e. The minimum absolute atomic E-state index is 0.117. The molecule has 0 aromatic heterocycles. The van der Waals surface area contributed by atoms with E-state index in [-0.39, 0.29) is 25.0 Å². The number of carbonyl (C=O) groups excluding carboxylic acids is 3. The summed E-state index contributed by atoms with van der Waals surface area (Å²) in [5.74, 6) is -0.686. The maximum atomic E-state index is 12.4. The van der Waals surface area contributed by atoms with Gasteiger partial charge in [-0.3, -0.25) is 9.59 Å².